The van der Waals surface area contributed by atoms with E-state index in [2.05, 4.69) is 15.6 Å². The van der Waals surface area contributed by atoms with E-state index in [0.29, 0.717) is 17.1 Å². The third-order valence-electron chi connectivity index (χ3n) is 2.73. The van der Waals surface area contributed by atoms with Crippen molar-refractivity contribution in [2.75, 3.05) is 5.32 Å². The Balaban J connectivity index is 1.80. The molecule has 3 rings (SSSR count). The molecule has 0 aliphatic carbocycles. The molecule has 0 saturated heterocycles. The Morgan fingerprint density at radius 3 is 3.10 bits per heavy atom. The molecule has 0 saturated carbocycles. The molecule has 0 unspecified atom stereocenters. The highest BCUT2D eigenvalue weighted by molar-refractivity contribution is 5.89. The number of fused-ring (bicyclic) bond motifs is 1. The molecule has 3 aromatic rings. The van der Waals surface area contributed by atoms with Crippen LogP contribution in [0.5, 0.6) is 0 Å². The zero-order valence-electron chi connectivity index (χ0n) is 10.6. The summed E-state index contributed by atoms with van der Waals surface area (Å²) >= 11 is 0. The summed E-state index contributed by atoms with van der Waals surface area (Å²) in [6, 6.07) is 5.08. The van der Waals surface area contributed by atoms with Gasteiger partial charge in [-0.3, -0.25) is 9.20 Å². The second-order valence-electron chi connectivity index (χ2n) is 4.26. The van der Waals surface area contributed by atoms with Crippen LogP contribution >= 0.6 is 0 Å². The Bertz CT molecular complexity index is 829. The number of nitrogens with zero attached hydrogens (tertiary/aromatic N) is 4. The van der Waals surface area contributed by atoms with E-state index in [4.69, 9.17) is 4.52 Å². The Kier molecular flexibility index (Phi) is 2.82. The number of nitrogens with one attached hydrogen (secondary N) is 1. The van der Waals surface area contributed by atoms with Crippen molar-refractivity contribution in [1.29, 1.82) is 0 Å². The van der Waals surface area contributed by atoms with E-state index in [-0.39, 0.29) is 12.2 Å². The lowest BCUT2D eigenvalue weighted by atomic mass is 10.5. The van der Waals surface area contributed by atoms with Gasteiger partial charge in [-0.15, -0.1) is 0 Å². The number of rotatable bonds is 3. The summed E-state index contributed by atoms with van der Waals surface area (Å²) in [7, 11) is 0. The molecule has 3 aromatic heterocycles. The van der Waals surface area contributed by atoms with Gasteiger partial charge in [0.15, 0.2) is 5.82 Å². The van der Waals surface area contributed by atoms with E-state index in [0.717, 1.165) is 4.68 Å². The molecular formula is C12H11N5O3. The first kappa shape index (κ1) is 12.2. The second-order valence-corrected chi connectivity index (χ2v) is 4.26. The smallest absolute Gasteiger partial charge is 0.349 e. The summed E-state index contributed by atoms with van der Waals surface area (Å²) in [6.45, 7) is 1.52. The summed E-state index contributed by atoms with van der Waals surface area (Å²) in [5, 5.41) is 10.1. The molecule has 0 fully saturated rings. The summed E-state index contributed by atoms with van der Waals surface area (Å²) in [4.78, 5) is 23.8. The van der Waals surface area contributed by atoms with Gasteiger partial charge in [-0.25, -0.2) is 9.48 Å². The summed E-state index contributed by atoms with van der Waals surface area (Å²) < 4.78 is 7.33. The lowest BCUT2D eigenvalue weighted by Gasteiger charge is -2.04. The van der Waals surface area contributed by atoms with Crippen molar-refractivity contribution in [3.63, 3.8) is 0 Å². The fourth-order valence-corrected chi connectivity index (χ4v) is 1.83. The Hall–Kier alpha value is -2.90. The van der Waals surface area contributed by atoms with Crippen LogP contribution < -0.4 is 11.0 Å². The lowest BCUT2D eigenvalue weighted by molar-refractivity contribution is -0.117. The minimum atomic E-state index is -0.403. The number of aryl methyl sites for hydroxylation is 1. The highest BCUT2D eigenvalue weighted by atomic mass is 16.5. The van der Waals surface area contributed by atoms with Crippen molar-refractivity contribution in [3.05, 3.63) is 46.8 Å². The van der Waals surface area contributed by atoms with E-state index in [1.165, 1.54) is 10.6 Å². The largest absolute Gasteiger partial charge is 0.360 e. The third kappa shape index (κ3) is 2.18. The van der Waals surface area contributed by atoms with Gasteiger partial charge in [0, 0.05) is 12.3 Å². The molecule has 1 amide bonds. The fraction of sp³-hybridized carbons (Fsp3) is 0.167. The SMILES string of the molecule is Cc1cc(NC(=O)Cn2ncc3cccn3c2=O)no1. The Morgan fingerprint density at radius 2 is 2.35 bits per heavy atom. The van der Waals surface area contributed by atoms with E-state index >= 15 is 0 Å². The molecule has 3 heterocycles. The van der Waals surface area contributed by atoms with Gasteiger partial charge in [0.05, 0.1) is 11.7 Å². The number of carbonyl (C=O) groups excluding carboxylic acids is 1. The molecule has 20 heavy (non-hydrogen) atoms. The zero-order valence-corrected chi connectivity index (χ0v) is 10.6. The van der Waals surface area contributed by atoms with Gasteiger partial charge >= 0.3 is 5.69 Å². The molecule has 8 nitrogen and oxygen atoms in total. The van der Waals surface area contributed by atoms with Crippen LogP contribution in [-0.2, 0) is 11.3 Å². The van der Waals surface area contributed by atoms with E-state index in [1.54, 1.807) is 31.3 Å². The first-order valence-corrected chi connectivity index (χ1v) is 5.90. The van der Waals surface area contributed by atoms with Gasteiger partial charge in [0.1, 0.15) is 12.3 Å². The standard InChI is InChI=1S/C12H11N5O3/c1-8-5-10(15-20-8)14-11(18)7-17-12(19)16-4-2-3-9(16)6-13-17/h2-6H,7H2,1H3,(H,14,15,18). The van der Waals surface area contributed by atoms with E-state index in [9.17, 15) is 9.59 Å². The fourth-order valence-electron chi connectivity index (χ4n) is 1.83. The van der Waals surface area contributed by atoms with E-state index < -0.39 is 5.91 Å². The molecule has 0 aromatic carbocycles. The van der Waals surface area contributed by atoms with E-state index in [1.807, 2.05) is 0 Å². The highest BCUT2D eigenvalue weighted by Crippen LogP contribution is 2.06. The molecular weight excluding hydrogens is 262 g/mol. The van der Waals surface area contributed by atoms with Crippen molar-refractivity contribution in [2.24, 2.45) is 0 Å². The third-order valence-corrected chi connectivity index (χ3v) is 2.73. The van der Waals surface area contributed by atoms with Crippen LogP contribution in [0, 0.1) is 6.92 Å². The number of carbonyl (C=O) groups is 1. The molecule has 1 N–H and O–H groups in total. The lowest BCUT2D eigenvalue weighted by Crippen LogP contribution is -2.32. The maximum absolute atomic E-state index is 12.0. The van der Waals surface area contributed by atoms with Crippen molar-refractivity contribution in [3.8, 4) is 0 Å². The molecule has 8 heteroatoms. The summed E-state index contributed by atoms with van der Waals surface area (Å²) in [5.74, 6) is 0.492. The first-order valence-electron chi connectivity index (χ1n) is 5.90. The van der Waals surface area contributed by atoms with Gasteiger partial charge in [-0.1, -0.05) is 5.16 Å². The van der Waals surface area contributed by atoms with Crippen LogP contribution in [0.25, 0.3) is 5.52 Å². The van der Waals surface area contributed by atoms with Crippen LogP contribution in [0.3, 0.4) is 0 Å². The molecule has 0 spiro atoms. The summed E-state index contributed by atoms with van der Waals surface area (Å²) in [5.41, 5.74) is 0.303. The average molecular weight is 273 g/mol. The van der Waals surface area contributed by atoms with Crippen molar-refractivity contribution in [2.45, 2.75) is 13.5 Å². The maximum atomic E-state index is 12.0. The highest BCUT2D eigenvalue weighted by Gasteiger charge is 2.10. The van der Waals surface area contributed by atoms with Crippen LogP contribution in [-0.4, -0.2) is 25.2 Å². The van der Waals surface area contributed by atoms with Gasteiger partial charge in [0.25, 0.3) is 0 Å². The van der Waals surface area contributed by atoms with Crippen LogP contribution in [0.1, 0.15) is 5.76 Å². The molecule has 0 aliphatic heterocycles. The molecule has 102 valence electrons. The number of amides is 1. The second kappa shape index (κ2) is 4.65. The predicted molar refractivity (Wildman–Crippen MR) is 69.3 cm³/mol. The first-order chi connectivity index (χ1) is 9.63. The van der Waals surface area contributed by atoms with Crippen LogP contribution in [0.2, 0.25) is 0 Å². The topological polar surface area (TPSA) is 94.4 Å². The number of hydrogen-bond acceptors (Lipinski definition) is 5. The zero-order chi connectivity index (χ0) is 14.1. The molecule has 0 bridgehead atoms. The monoisotopic (exact) mass is 273 g/mol. The average Bonchev–Trinajstić information content (AvgIpc) is 3.02. The van der Waals surface area contributed by atoms with Crippen LogP contribution in [0.4, 0.5) is 5.82 Å². The van der Waals surface area contributed by atoms with Crippen LogP contribution in [0.15, 0.2) is 39.9 Å². The van der Waals surface area contributed by atoms with Gasteiger partial charge in [0.2, 0.25) is 5.91 Å². The van der Waals surface area contributed by atoms with Crippen molar-refractivity contribution in [1.82, 2.24) is 19.3 Å². The molecule has 0 radical (unpaired) electrons. The van der Waals surface area contributed by atoms with Gasteiger partial charge in [-0.05, 0) is 19.1 Å². The number of aromatic nitrogens is 4. The number of anilines is 1. The van der Waals surface area contributed by atoms with Crippen molar-refractivity contribution >= 4 is 17.2 Å². The minimum absolute atomic E-state index is 0.196. The molecule has 0 atom stereocenters. The predicted octanol–water partition coefficient (Wildman–Crippen LogP) is 0.431. The molecule has 0 aliphatic rings. The maximum Gasteiger partial charge on any atom is 0.349 e. The van der Waals surface area contributed by atoms with Crippen molar-refractivity contribution < 1.29 is 9.32 Å². The quantitative estimate of drug-likeness (QED) is 0.746. The normalized spacial score (nSPS) is 10.8. The Morgan fingerprint density at radius 1 is 1.50 bits per heavy atom. The number of hydrogen-bond donors (Lipinski definition) is 1. The summed E-state index contributed by atoms with van der Waals surface area (Å²) in [6.07, 6.45) is 3.14. The van der Waals surface area contributed by atoms with Gasteiger partial charge < -0.3 is 9.84 Å². The minimum Gasteiger partial charge on any atom is -0.360 e. The Labute approximate surface area is 112 Å². The van der Waals surface area contributed by atoms with Gasteiger partial charge in [-0.2, -0.15) is 5.10 Å².